The third-order valence-corrected chi connectivity index (χ3v) is 19.0. The summed E-state index contributed by atoms with van der Waals surface area (Å²) in [5, 5.41) is 8.15. The van der Waals surface area contributed by atoms with Crippen molar-refractivity contribution in [3.05, 3.63) is 179 Å². The number of anilines is 6. The van der Waals surface area contributed by atoms with Crippen LogP contribution in [0.15, 0.2) is 146 Å². The summed E-state index contributed by atoms with van der Waals surface area (Å²) in [6, 6.07) is 55.1. The van der Waals surface area contributed by atoms with Crippen molar-refractivity contribution in [1.29, 1.82) is 0 Å². The third kappa shape index (κ3) is 12.5. The molecule has 0 unspecified atom stereocenters. The van der Waals surface area contributed by atoms with Crippen LogP contribution >= 0.6 is 0 Å². The second-order valence-corrected chi connectivity index (χ2v) is 33.9. The lowest BCUT2D eigenvalue weighted by Crippen LogP contribution is -2.46. The highest BCUT2D eigenvalue weighted by Crippen LogP contribution is 2.52. The van der Waals surface area contributed by atoms with Crippen LogP contribution in [0.4, 0.5) is 34.1 Å². The van der Waals surface area contributed by atoms with Crippen LogP contribution in [0.2, 0.25) is 0 Å². The van der Waals surface area contributed by atoms with Crippen LogP contribution in [-0.2, 0) is 21.7 Å². The van der Waals surface area contributed by atoms with Crippen molar-refractivity contribution < 1.29 is 9.59 Å². The number of rotatable bonds is 17. The first-order valence-corrected chi connectivity index (χ1v) is 32.9. The predicted molar refractivity (Wildman–Crippen MR) is 380 cm³/mol. The molecule has 0 aliphatic carbocycles. The van der Waals surface area contributed by atoms with Gasteiger partial charge in [0, 0.05) is 56.4 Å². The van der Waals surface area contributed by atoms with Gasteiger partial charge in [0.05, 0.1) is 5.69 Å². The number of carbonyl (C=O) groups is 2. The number of amides is 2. The maximum absolute atomic E-state index is 14.9. The maximum Gasteiger partial charge on any atom is 0.261 e. The topological polar surface area (TPSA) is 43.9 Å². The summed E-state index contributed by atoms with van der Waals surface area (Å²) in [6.07, 6.45) is 5.58. The number of hydrogen-bond acceptors (Lipinski definition) is 4. The molecule has 0 radical (unpaired) electrons. The van der Waals surface area contributed by atoms with Crippen molar-refractivity contribution in [3.63, 3.8) is 0 Å². The summed E-state index contributed by atoms with van der Waals surface area (Å²) >= 11 is 0. The third-order valence-electron chi connectivity index (χ3n) is 19.0. The van der Waals surface area contributed by atoms with Gasteiger partial charge in [-0.3, -0.25) is 14.5 Å². The van der Waals surface area contributed by atoms with Gasteiger partial charge in [-0.05, 0) is 215 Å². The van der Waals surface area contributed by atoms with Crippen molar-refractivity contribution in [3.8, 4) is 0 Å². The van der Waals surface area contributed by atoms with E-state index < -0.39 is 0 Å². The summed E-state index contributed by atoms with van der Waals surface area (Å²) in [4.78, 5) is 36.2. The van der Waals surface area contributed by atoms with Gasteiger partial charge in [0.25, 0.3) is 11.8 Å². The molecule has 10 rings (SSSR count). The molecular formula is C83H103N3O2. The lowest BCUT2D eigenvalue weighted by molar-refractivity contribution is 0.0530. The zero-order chi connectivity index (χ0) is 64.2. The SMILES string of the molecule is CCC(CC)N1C(=O)c2ccc3c4ccc(N(c5ccc(C(C)(C)CC(C)(C)C)cc5)c5ccc(C(C)(C)CC(C)(C)C)cc5)c5cc(N(c6ccc(C(C)(C)CC(C)(C)C)cc6)c6ccc(C(C)(C)CC(C)(C)C)cc6)cc(c6ccc(c2c36)C1=O)c54. The van der Waals surface area contributed by atoms with E-state index >= 15 is 0 Å². The van der Waals surface area contributed by atoms with E-state index in [9.17, 15) is 9.59 Å². The van der Waals surface area contributed by atoms with Crippen LogP contribution in [0, 0.1) is 21.7 Å². The van der Waals surface area contributed by atoms with Gasteiger partial charge in [-0.25, -0.2) is 0 Å². The molecule has 0 fully saturated rings. The second-order valence-electron chi connectivity index (χ2n) is 33.9. The van der Waals surface area contributed by atoms with Gasteiger partial charge in [-0.15, -0.1) is 0 Å². The summed E-state index contributed by atoms with van der Waals surface area (Å²) in [5.74, 6) is -0.415. The summed E-state index contributed by atoms with van der Waals surface area (Å²) in [5.41, 5.74) is 13.2. The van der Waals surface area contributed by atoms with Crippen molar-refractivity contribution in [1.82, 2.24) is 4.90 Å². The van der Waals surface area contributed by atoms with Gasteiger partial charge in [-0.1, -0.05) is 219 Å². The van der Waals surface area contributed by atoms with Gasteiger partial charge in [0.1, 0.15) is 0 Å². The molecular weight excluding hydrogens is 1070 g/mol. The van der Waals surface area contributed by atoms with Crippen LogP contribution < -0.4 is 9.80 Å². The molecule has 0 aromatic heterocycles. The van der Waals surface area contributed by atoms with Crippen LogP contribution in [0.25, 0.3) is 43.1 Å². The molecule has 9 aromatic carbocycles. The minimum atomic E-state index is -0.208. The molecule has 0 saturated carbocycles. The monoisotopic (exact) mass is 1170 g/mol. The Morgan fingerprint density at radius 3 is 0.943 bits per heavy atom. The van der Waals surface area contributed by atoms with Crippen LogP contribution in [0.3, 0.4) is 0 Å². The number of carbonyl (C=O) groups excluding carboxylic acids is 2. The lowest BCUT2D eigenvalue weighted by Gasteiger charge is -2.35. The standard InChI is InChI=1S/C83H103N3O2/c1-23-57(24-2)86-74(87)66-43-41-64-63-45-46-70(85(60-37-29-55(30-38-60)82(19,20)51-78(9,10)11)61-39-31-56(32-40-61)83(21,22)52-79(12,13)14)69-48-62(47-68(71(63)69)65-42-44-67(75(86)88)73(66)72(64)65)84(58-33-25-53(26-34-58)80(15,16)49-76(3,4)5)59-35-27-54(28-36-59)81(17,18)50-77(6,7)8/h25-48,57H,23-24,49-52H2,1-22H3. The predicted octanol–water partition coefficient (Wildman–Crippen LogP) is 24.3. The number of hydrogen-bond donors (Lipinski definition) is 0. The van der Waals surface area contributed by atoms with Crippen molar-refractivity contribution >= 4 is 89.0 Å². The fourth-order valence-corrected chi connectivity index (χ4v) is 16.7. The molecule has 2 amide bonds. The Balaban J connectivity index is 1.30. The quantitative estimate of drug-likeness (QED) is 0.0518. The lowest BCUT2D eigenvalue weighted by atomic mass is 9.72. The zero-order valence-corrected chi connectivity index (χ0v) is 57.8. The minimum absolute atomic E-state index is 0.0442. The van der Waals surface area contributed by atoms with E-state index in [0.29, 0.717) is 24.0 Å². The highest BCUT2D eigenvalue weighted by molar-refractivity contribution is 6.39. The van der Waals surface area contributed by atoms with Gasteiger partial charge in [0.2, 0.25) is 0 Å². The molecule has 1 aliphatic rings. The summed E-state index contributed by atoms with van der Waals surface area (Å²) < 4.78 is 0. The van der Waals surface area contributed by atoms with E-state index in [1.807, 2.05) is 12.1 Å². The number of nitrogens with zero attached hydrogens (tertiary/aromatic N) is 3. The first kappa shape index (κ1) is 64.0. The summed E-state index contributed by atoms with van der Waals surface area (Å²) in [6.45, 7) is 51.2. The van der Waals surface area contributed by atoms with E-state index in [2.05, 4.69) is 296 Å². The van der Waals surface area contributed by atoms with E-state index in [0.717, 1.165) is 103 Å². The van der Waals surface area contributed by atoms with E-state index in [1.165, 1.54) is 27.2 Å². The molecule has 5 heteroatoms. The number of benzene rings is 9. The van der Waals surface area contributed by atoms with Crippen LogP contribution in [-0.4, -0.2) is 22.8 Å². The molecule has 0 bridgehead atoms. The highest BCUT2D eigenvalue weighted by atomic mass is 16.2. The molecule has 5 nitrogen and oxygen atoms in total. The summed E-state index contributed by atoms with van der Waals surface area (Å²) in [7, 11) is 0. The van der Waals surface area contributed by atoms with Crippen molar-refractivity contribution in [2.24, 2.45) is 21.7 Å². The van der Waals surface area contributed by atoms with Gasteiger partial charge < -0.3 is 9.80 Å². The van der Waals surface area contributed by atoms with Gasteiger partial charge in [0.15, 0.2) is 0 Å². The number of imide groups is 1. The molecule has 0 spiro atoms. The average molecular weight is 1170 g/mol. The van der Waals surface area contributed by atoms with Gasteiger partial charge in [-0.2, -0.15) is 0 Å². The zero-order valence-electron chi connectivity index (χ0n) is 57.8. The van der Waals surface area contributed by atoms with E-state index in [4.69, 9.17) is 0 Å². The Kier molecular flexibility index (Phi) is 16.4. The molecule has 0 atom stereocenters. The minimum Gasteiger partial charge on any atom is -0.310 e. The first-order chi connectivity index (χ1) is 40.8. The van der Waals surface area contributed by atoms with Gasteiger partial charge >= 0.3 is 0 Å². The van der Waals surface area contributed by atoms with Crippen molar-refractivity contribution in [2.75, 3.05) is 9.80 Å². The molecule has 1 heterocycles. The Morgan fingerprint density at radius 1 is 0.318 bits per heavy atom. The average Bonchev–Trinajstić information content (AvgIpc) is 0.718. The molecule has 1 aliphatic heterocycles. The highest BCUT2D eigenvalue weighted by Gasteiger charge is 2.39. The Morgan fingerprint density at radius 2 is 0.614 bits per heavy atom. The fraction of sp³-hybridized carbons (Fsp3) is 0.446. The Bertz CT molecular complexity index is 3880. The van der Waals surface area contributed by atoms with Crippen LogP contribution in [0.1, 0.15) is 234 Å². The first-order valence-electron chi connectivity index (χ1n) is 32.9. The van der Waals surface area contributed by atoms with E-state index in [1.54, 1.807) is 0 Å². The molecule has 0 saturated heterocycles. The normalized spacial score (nSPS) is 14.2. The second kappa shape index (κ2) is 22.5. The Labute approximate surface area is 529 Å². The maximum atomic E-state index is 14.9. The molecule has 0 N–H and O–H groups in total. The molecule has 9 aromatic rings. The fourth-order valence-electron chi connectivity index (χ4n) is 16.7. The largest absolute Gasteiger partial charge is 0.310 e. The van der Waals surface area contributed by atoms with Crippen LogP contribution in [0.5, 0.6) is 0 Å². The smallest absolute Gasteiger partial charge is 0.261 e. The Hall–Kier alpha value is -6.98. The van der Waals surface area contributed by atoms with E-state index in [-0.39, 0.29) is 61.2 Å². The van der Waals surface area contributed by atoms with Crippen molar-refractivity contribution in [2.45, 2.75) is 219 Å². The molecule has 462 valence electrons. The molecule has 88 heavy (non-hydrogen) atoms. The number of fused-ring (bicyclic) bond motifs is 2.